The zero-order valence-electron chi connectivity index (χ0n) is 28.2. The molecule has 1 heterocycles. The number of benzene rings is 8. The highest BCUT2D eigenvalue weighted by atomic mass is 15.0. The van der Waals surface area contributed by atoms with Gasteiger partial charge in [-0.05, 0) is 80.9 Å². The van der Waals surface area contributed by atoms with E-state index >= 15 is 0 Å². The van der Waals surface area contributed by atoms with Crippen LogP contribution in [0, 0.1) is 0 Å². The van der Waals surface area contributed by atoms with Crippen molar-refractivity contribution in [3.05, 3.63) is 217 Å². The molecule has 0 aliphatic heterocycles. The van der Waals surface area contributed by atoms with Crippen molar-refractivity contribution in [2.75, 3.05) is 5.32 Å². The Morgan fingerprint density at radius 1 is 0.333 bits per heavy atom. The molecule has 1 aromatic heterocycles. The zero-order valence-corrected chi connectivity index (χ0v) is 28.2. The van der Waals surface area contributed by atoms with Gasteiger partial charge in [-0.3, -0.25) is 0 Å². The van der Waals surface area contributed by atoms with Gasteiger partial charge in [-0.15, -0.1) is 0 Å². The van der Waals surface area contributed by atoms with E-state index in [9.17, 15) is 0 Å². The van der Waals surface area contributed by atoms with Gasteiger partial charge in [-0.2, -0.15) is 0 Å². The van der Waals surface area contributed by atoms with Crippen LogP contribution in [0.15, 0.2) is 206 Å². The van der Waals surface area contributed by atoms with Crippen LogP contribution in [0.4, 0.5) is 5.69 Å². The number of hydrogen-bond donors (Lipinski definition) is 1. The van der Waals surface area contributed by atoms with Crippen molar-refractivity contribution >= 4 is 27.5 Å². The minimum atomic E-state index is -0.0240. The molecule has 0 atom stereocenters. The topological polar surface area (TPSA) is 17.0 Å². The smallest absolute Gasteiger partial charge is 0.0767 e. The van der Waals surface area contributed by atoms with Crippen molar-refractivity contribution in [1.29, 1.82) is 0 Å². The molecule has 0 spiro atoms. The molecule has 0 fully saturated rings. The van der Waals surface area contributed by atoms with Crippen LogP contribution < -0.4 is 5.32 Å². The summed E-state index contributed by atoms with van der Waals surface area (Å²) in [4.78, 5) is 0. The molecule has 0 amide bonds. The highest BCUT2D eigenvalue weighted by molar-refractivity contribution is 6.09. The summed E-state index contributed by atoms with van der Waals surface area (Å²) in [7, 11) is 0. The van der Waals surface area contributed by atoms with Crippen molar-refractivity contribution in [3.63, 3.8) is 0 Å². The van der Waals surface area contributed by atoms with Gasteiger partial charge < -0.3 is 9.88 Å². The van der Waals surface area contributed by atoms with E-state index in [1.165, 1.54) is 66.3 Å². The number of para-hydroxylation sites is 2. The average Bonchev–Trinajstić information content (AvgIpc) is 3.56. The van der Waals surface area contributed by atoms with Crippen LogP contribution in [-0.2, 0) is 0 Å². The second-order valence-electron chi connectivity index (χ2n) is 13.1. The summed E-state index contributed by atoms with van der Waals surface area (Å²) >= 11 is 0. The van der Waals surface area contributed by atoms with Crippen LogP contribution >= 0.6 is 0 Å². The summed E-state index contributed by atoms with van der Waals surface area (Å²) in [6.07, 6.45) is 0. The van der Waals surface area contributed by atoms with E-state index < -0.39 is 0 Å². The van der Waals surface area contributed by atoms with Gasteiger partial charge in [0, 0.05) is 22.1 Å². The maximum atomic E-state index is 3.88. The normalized spacial score (nSPS) is 11.3. The molecule has 0 saturated carbocycles. The number of nitrogens with zero attached hydrogens (tertiary/aromatic N) is 1. The molecule has 0 aliphatic rings. The first-order valence-electron chi connectivity index (χ1n) is 17.5. The summed E-state index contributed by atoms with van der Waals surface area (Å²) in [6, 6.07) is 74.0. The second kappa shape index (κ2) is 13.3. The number of hydrogen-bond acceptors (Lipinski definition) is 1. The first-order chi connectivity index (χ1) is 25.3. The third kappa shape index (κ3) is 5.98. The SMILES string of the molecule is c1ccc(-c2ccc(C(Nc3ccc(-c4cccc(-n5c6ccccc6c6ccccc65)c4)cc3)c3ccc(-c4ccccc4)cc3)cc2)cc1. The van der Waals surface area contributed by atoms with Crippen LogP contribution in [0.1, 0.15) is 17.2 Å². The van der Waals surface area contributed by atoms with Gasteiger partial charge in [-0.1, -0.05) is 170 Å². The van der Waals surface area contributed by atoms with E-state index in [1.807, 2.05) is 0 Å². The van der Waals surface area contributed by atoms with E-state index in [-0.39, 0.29) is 6.04 Å². The van der Waals surface area contributed by atoms with Gasteiger partial charge in [0.05, 0.1) is 17.1 Å². The number of aromatic nitrogens is 1. The lowest BCUT2D eigenvalue weighted by molar-refractivity contribution is 0.940. The Morgan fingerprint density at radius 3 is 1.27 bits per heavy atom. The first kappa shape index (κ1) is 30.4. The maximum Gasteiger partial charge on any atom is 0.0767 e. The molecule has 51 heavy (non-hydrogen) atoms. The van der Waals surface area contributed by atoms with Crippen LogP contribution in [0.5, 0.6) is 0 Å². The van der Waals surface area contributed by atoms with Crippen LogP contribution in [-0.4, -0.2) is 4.57 Å². The molecule has 0 saturated heterocycles. The fourth-order valence-corrected chi connectivity index (χ4v) is 7.31. The molecule has 0 unspecified atom stereocenters. The molecule has 0 radical (unpaired) electrons. The number of anilines is 1. The monoisotopic (exact) mass is 652 g/mol. The van der Waals surface area contributed by atoms with Gasteiger partial charge in [0.15, 0.2) is 0 Å². The molecule has 1 N–H and O–H groups in total. The Kier molecular flexibility index (Phi) is 7.96. The van der Waals surface area contributed by atoms with Crippen molar-refractivity contribution in [2.24, 2.45) is 0 Å². The number of nitrogens with one attached hydrogen (secondary N) is 1. The lowest BCUT2D eigenvalue weighted by Gasteiger charge is -2.22. The summed E-state index contributed by atoms with van der Waals surface area (Å²) in [6.45, 7) is 0. The minimum absolute atomic E-state index is 0.0240. The second-order valence-corrected chi connectivity index (χ2v) is 13.1. The average molecular weight is 653 g/mol. The highest BCUT2D eigenvalue weighted by Crippen LogP contribution is 2.35. The maximum absolute atomic E-state index is 3.88. The fourth-order valence-electron chi connectivity index (χ4n) is 7.31. The largest absolute Gasteiger partial charge is 0.374 e. The molecular weight excluding hydrogens is 617 g/mol. The Bertz CT molecular complexity index is 2430. The Balaban J connectivity index is 1.03. The molecule has 0 bridgehead atoms. The molecular formula is C49H36N2. The van der Waals surface area contributed by atoms with E-state index in [1.54, 1.807) is 0 Å². The first-order valence-corrected chi connectivity index (χ1v) is 17.5. The van der Waals surface area contributed by atoms with Crippen molar-refractivity contribution in [1.82, 2.24) is 4.57 Å². The summed E-state index contributed by atoms with van der Waals surface area (Å²) in [5, 5.41) is 6.42. The minimum Gasteiger partial charge on any atom is -0.374 e. The quantitative estimate of drug-likeness (QED) is 0.173. The molecule has 242 valence electrons. The molecule has 9 aromatic rings. The predicted molar refractivity (Wildman–Crippen MR) is 215 cm³/mol. The number of rotatable bonds is 8. The molecule has 8 aromatic carbocycles. The third-order valence-electron chi connectivity index (χ3n) is 9.92. The molecule has 2 nitrogen and oxygen atoms in total. The zero-order chi connectivity index (χ0) is 34.0. The lowest BCUT2D eigenvalue weighted by Crippen LogP contribution is -2.12. The molecule has 9 rings (SSSR count). The number of fused-ring (bicyclic) bond motifs is 3. The fraction of sp³-hybridized carbons (Fsp3) is 0.0204. The van der Waals surface area contributed by atoms with Gasteiger partial charge in [0.2, 0.25) is 0 Å². The van der Waals surface area contributed by atoms with Gasteiger partial charge in [-0.25, -0.2) is 0 Å². The summed E-state index contributed by atoms with van der Waals surface area (Å²) in [5.74, 6) is 0. The lowest BCUT2D eigenvalue weighted by atomic mass is 9.94. The van der Waals surface area contributed by atoms with Crippen molar-refractivity contribution in [3.8, 4) is 39.1 Å². The Morgan fingerprint density at radius 2 is 0.745 bits per heavy atom. The van der Waals surface area contributed by atoms with Crippen LogP contribution in [0.2, 0.25) is 0 Å². The van der Waals surface area contributed by atoms with E-state index in [2.05, 4.69) is 216 Å². The van der Waals surface area contributed by atoms with Crippen LogP contribution in [0.25, 0.3) is 60.9 Å². The van der Waals surface area contributed by atoms with Crippen LogP contribution in [0.3, 0.4) is 0 Å². The molecule has 0 aliphatic carbocycles. The van der Waals surface area contributed by atoms with Gasteiger partial charge in [0.1, 0.15) is 0 Å². The van der Waals surface area contributed by atoms with E-state index in [0.29, 0.717) is 0 Å². The standard InChI is InChI=1S/C49H36N2/c1-3-12-35(13-4-1)37-22-26-40(27-23-37)49(41-28-24-38(25-29-41)36-14-5-2-6-15-36)50-43-32-30-39(31-33-43)42-16-11-17-44(34-42)51-47-20-9-7-18-45(47)46-19-8-10-21-48(46)51/h1-34,49-50H. The Labute approximate surface area is 298 Å². The third-order valence-corrected chi connectivity index (χ3v) is 9.92. The Hall–Kier alpha value is -6.64. The highest BCUT2D eigenvalue weighted by Gasteiger charge is 2.16. The van der Waals surface area contributed by atoms with Crippen molar-refractivity contribution in [2.45, 2.75) is 6.04 Å². The summed E-state index contributed by atoms with van der Waals surface area (Å²) in [5.41, 5.74) is 14.3. The van der Waals surface area contributed by atoms with E-state index in [0.717, 1.165) is 11.4 Å². The predicted octanol–water partition coefficient (Wildman–Crippen LogP) is 13.0. The van der Waals surface area contributed by atoms with E-state index in [4.69, 9.17) is 0 Å². The van der Waals surface area contributed by atoms with Crippen molar-refractivity contribution < 1.29 is 0 Å². The van der Waals surface area contributed by atoms with Gasteiger partial charge >= 0.3 is 0 Å². The summed E-state index contributed by atoms with van der Waals surface area (Å²) < 4.78 is 2.38. The molecule has 2 heteroatoms. The van der Waals surface area contributed by atoms with Gasteiger partial charge in [0.25, 0.3) is 0 Å².